The minimum Gasteiger partial charge on any atom is -0.488 e. The number of fused-ring (bicyclic) bond motifs is 1. The van der Waals surface area contributed by atoms with E-state index in [1.807, 2.05) is 5.32 Å². The van der Waals surface area contributed by atoms with E-state index in [-0.39, 0.29) is 4.90 Å². The predicted octanol–water partition coefficient (Wildman–Crippen LogP) is 2.00. The molecule has 2 aromatic carbocycles. The zero-order chi connectivity index (χ0) is 37.1. The number of benzene rings is 2. The molecule has 0 saturated carbocycles. The highest BCUT2D eigenvalue weighted by molar-refractivity contribution is 6.05. The van der Waals surface area contributed by atoms with Crippen LogP contribution in [0.3, 0.4) is 0 Å². The molecular weight excluding hydrogens is 441 g/mol. The summed E-state index contributed by atoms with van der Waals surface area (Å²) in [5.41, 5.74) is -3.12. The molecule has 178 valence electrons. The standard InChI is InChI=1S/C25H26FN3O5/c26-20-5-4-16(13-28-8-10-33-11-9-28)12-17(20)15-34-22-3-1-2-18-19(22)14-29(25(18)32)21-6-7-23(30)27-24(21)31/h1-5,12,21H,6-11,13-15H2,(H,27,30,31)/i8D2,9D2,10D2,11D2,13D2,14D2,15D2,21D. The van der Waals surface area contributed by atoms with Crippen LogP contribution >= 0.6 is 0 Å². The fourth-order valence-electron chi connectivity index (χ4n) is 3.36. The number of amides is 3. The molecule has 0 aromatic heterocycles. The fraction of sp³-hybridized carbons (Fsp3) is 0.400. The van der Waals surface area contributed by atoms with E-state index >= 15 is 4.39 Å². The van der Waals surface area contributed by atoms with Gasteiger partial charge >= 0.3 is 0 Å². The van der Waals surface area contributed by atoms with Gasteiger partial charge in [0.15, 0.2) is 0 Å². The molecule has 1 N–H and O–H groups in total. The molecule has 2 aromatic rings. The van der Waals surface area contributed by atoms with Gasteiger partial charge in [-0.2, -0.15) is 0 Å². The summed E-state index contributed by atoms with van der Waals surface area (Å²) in [7, 11) is 0. The van der Waals surface area contributed by atoms with Crippen molar-refractivity contribution in [1.82, 2.24) is 15.1 Å². The smallest absolute Gasteiger partial charge is 0.255 e. The maximum Gasteiger partial charge on any atom is 0.255 e. The van der Waals surface area contributed by atoms with E-state index < -0.39 is 121 Å². The quantitative estimate of drug-likeness (QED) is 0.634. The van der Waals surface area contributed by atoms with Crippen molar-refractivity contribution >= 4 is 17.7 Å². The molecule has 9 heteroatoms. The summed E-state index contributed by atoms with van der Waals surface area (Å²) in [5.74, 6) is -5.32. The van der Waals surface area contributed by atoms with Crippen LogP contribution in [0.5, 0.6) is 5.75 Å². The highest BCUT2D eigenvalue weighted by atomic mass is 19.1. The zero-order valence-corrected chi connectivity index (χ0v) is 17.2. The Morgan fingerprint density at radius 1 is 1.24 bits per heavy atom. The van der Waals surface area contributed by atoms with Crippen molar-refractivity contribution in [2.24, 2.45) is 0 Å². The summed E-state index contributed by atoms with van der Waals surface area (Å²) in [6, 6.07) is 2.24. The lowest BCUT2D eigenvalue weighted by Crippen LogP contribution is -2.52. The summed E-state index contributed by atoms with van der Waals surface area (Å²) in [6.07, 6.45) is -0.973. The molecular formula is C25H26FN3O5. The molecule has 3 aliphatic heterocycles. The fourth-order valence-corrected chi connectivity index (χ4v) is 3.36. The van der Waals surface area contributed by atoms with Gasteiger partial charge in [0, 0.05) is 50.8 Å². The normalized spacial score (nSPS) is 37.9. The van der Waals surface area contributed by atoms with Crippen LogP contribution in [0, 0.1) is 5.82 Å². The van der Waals surface area contributed by atoms with Crippen molar-refractivity contribution in [3.63, 3.8) is 0 Å². The van der Waals surface area contributed by atoms with Crippen molar-refractivity contribution in [3.8, 4) is 5.75 Å². The van der Waals surface area contributed by atoms with Crippen LogP contribution in [0.1, 0.15) is 60.5 Å². The number of piperidine rings is 1. The van der Waals surface area contributed by atoms with Gasteiger partial charge in [-0.3, -0.25) is 24.6 Å². The molecule has 0 bridgehead atoms. The highest BCUT2D eigenvalue weighted by Crippen LogP contribution is 2.34. The molecule has 34 heavy (non-hydrogen) atoms. The monoisotopic (exact) mass is 482 g/mol. The van der Waals surface area contributed by atoms with Crippen LogP contribution in [-0.2, 0) is 33.9 Å². The Bertz CT molecular complexity index is 1750. The molecule has 0 spiro atoms. The Balaban J connectivity index is 1.57. The van der Waals surface area contributed by atoms with Crippen molar-refractivity contribution in [3.05, 3.63) is 64.5 Å². The Kier molecular flexibility index (Phi) is 3.07. The maximum absolute atomic E-state index is 15.3. The Hall–Kier alpha value is -3.30. The minimum absolute atomic E-state index is 0.270. The summed E-state index contributed by atoms with van der Waals surface area (Å²) in [6.45, 7) is -24.7. The molecule has 8 nitrogen and oxygen atoms in total. The molecule has 5 rings (SSSR count). The first kappa shape index (κ1) is 11.0. The second-order valence-corrected chi connectivity index (χ2v) is 7.13. The third-order valence-corrected chi connectivity index (χ3v) is 4.95. The molecule has 3 aliphatic rings. The molecule has 1 unspecified atom stereocenters. The maximum atomic E-state index is 15.3. The van der Waals surface area contributed by atoms with Gasteiger partial charge in [-0.05, 0) is 36.2 Å². The molecule has 3 amide bonds. The molecule has 0 aliphatic carbocycles. The summed E-state index contributed by atoms with van der Waals surface area (Å²) in [5, 5.41) is 1.88. The Morgan fingerprint density at radius 3 is 2.85 bits per heavy atom. The number of hydrogen-bond acceptors (Lipinski definition) is 6. The van der Waals surface area contributed by atoms with Gasteiger partial charge in [0.05, 0.1) is 32.0 Å². The van der Waals surface area contributed by atoms with E-state index in [0.29, 0.717) is 18.2 Å². The first-order chi connectivity index (χ1) is 22.1. The predicted molar refractivity (Wildman–Crippen MR) is 119 cm³/mol. The third kappa shape index (κ3) is 4.53. The van der Waals surface area contributed by atoms with Crippen molar-refractivity contribution in [2.75, 3.05) is 26.1 Å². The number of hydrogen-bond donors (Lipinski definition) is 1. The van der Waals surface area contributed by atoms with Crippen LogP contribution in [0.4, 0.5) is 4.39 Å². The SMILES string of the molecule is [2H]C([2H])(Oc1cccc2c1C([2H])([2H])N(C1([2H])CCC(=O)NC1=O)C2=O)c1cc(C([2H])([2H])N2C([2H])([2H])C([2H])([2H])OC([2H])([2H])C2([2H])[2H])ccc1F. The van der Waals surface area contributed by atoms with Gasteiger partial charge in [0.2, 0.25) is 11.8 Å². The van der Waals surface area contributed by atoms with E-state index in [9.17, 15) is 14.4 Å². The van der Waals surface area contributed by atoms with Crippen molar-refractivity contribution < 1.29 is 48.8 Å². The zero-order valence-electron chi connectivity index (χ0n) is 32.2. The summed E-state index contributed by atoms with van der Waals surface area (Å²) in [4.78, 5) is 37.6. The van der Waals surface area contributed by atoms with Crippen LogP contribution in [0.2, 0.25) is 0 Å². The number of halogens is 1. The lowest BCUT2D eigenvalue weighted by Gasteiger charge is -2.29. The number of carbonyl (C=O) groups excluding carboxylic acids is 3. The molecule has 0 radical (unpaired) electrons. The Morgan fingerprint density at radius 2 is 2.06 bits per heavy atom. The van der Waals surface area contributed by atoms with Crippen LogP contribution in [-0.4, -0.2) is 59.7 Å². The second-order valence-electron chi connectivity index (χ2n) is 7.13. The topological polar surface area (TPSA) is 88.2 Å². The van der Waals surface area contributed by atoms with Gasteiger partial charge in [-0.15, -0.1) is 0 Å². The van der Waals surface area contributed by atoms with Crippen LogP contribution in [0.15, 0.2) is 36.4 Å². The van der Waals surface area contributed by atoms with E-state index in [4.69, 9.17) is 25.3 Å². The average molecular weight is 483 g/mol. The Labute approximate surface area is 217 Å². The van der Waals surface area contributed by atoms with E-state index in [2.05, 4.69) is 4.74 Å². The molecule has 1 atom stereocenters. The lowest BCUT2D eigenvalue weighted by molar-refractivity contribution is -0.136. The number of morpholine rings is 1. The summed E-state index contributed by atoms with van der Waals surface area (Å²) >= 11 is 0. The van der Waals surface area contributed by atoms with Crippen molar-refractivity contribution in [2.45, 2.75) is 38.4 Å². The molecule has 2 saturated heterocycles. The minimum atomic E-state index is -3.72. The van der Waals surface area contributed by atoms with E-state index in [1.165, 1.54) is 0 Å². The summed E-state index contributed by atoms with van der Waals surface area (Å²) < 4.78 is 150. The molecule has 2 fully saturated rings. The van der Waals surface area contributed by atoms with E-state index in [1.54, 1.807) is 0 Å². The number of ether oxygens (including phenoxy) is 2. The van der Waals surface area contributed by atoms with Gasteiger partial charge in [0.1, 0.15) is 24.1 Å². The molecule has 3 heterocycles. The highest BCUT2D eigenvalue weighted by Gasteiger charge is 2.40. The van der Waals surface area contributed by atoms with Gasteiger partial charge in [-0.1, -0.05) is 12.1 Å². The lowest BCUT2D eigenvalue weighted by atomic mass is 10.0. The van der Waals surface area contributed by atoms with Gasteiger partial charge < -0.3 is 14.4 Å². The third-order valence-electron chi connectivity index (χ3n) is 4.95. The van der Waals surface area contributed by atoms with Gasteiger partial charge in [-0.25, -0.2) is 4.39 Å². The number of rotatable bonds is 6. The van der Waals surface area contributed by atoms with E-state index in [0.717, 1.165) is 18.2 Å². The average Bonchev–Trinajstić information content (AvgIpc) is 3.14. The van der Waals surface area contributed by atoms with Crippen molar-refractivity contribution in [1.29, 1.82) is 0 Å². The number of nitrogens with zero attached hydrogens (tertiary/aromatic N) is 2. The first-order valence-electron chi connectivity index (χ1n) is 17.4. The second kappa shape index (κ2) is 9.52. The number of nitrogens with one attached hydrogen (secondary N) is 1. The first-order valence-corrected chi connectivity index (χ1v) is 9.90. The number of carbonyl (C=O) groups is 3. The largest absolute Gasteiger partial charge is 0.488 e. The van der Waals surface area contributed by atoms with Gasteiger partial charge in [0.25, 0.3) is 5.91 Å². The van der Waals surface area contributed by atoms with Crippen LogP contribution < -0.4 is 10.1 Å². The number of imide groups is 1. The van der Waals surface area contributed by atoms with Crippen LogP contribution in [0.25, 0.3) is 0 Å².